The van der Waals surface area contributed by atoms with Crippen LogP contribution in [0.2, 0.25) is 0 Å². The van der Waals surface area contributed by atoms with Gasteiger partial charge < -0.3 is 20.1 Å². The zero-order valence-corrected chi connectivity index (χ0v) is 23.2. The van der Waals surface area contributed by atoms with E-state index in [4.69, 9.17) is 14.6 Å². The van der Waals surface area contributed by atoms with E-state index in [1.807, 2.05) is 24.3 Å². The highest BCUT2D eigenvalue weighted by Gasteiger charge is 2.21. The first kappa shape index (κ1) is 30.8. The lowest BCUT2D eigenvalue weighted by Gasteiger charge is -2.19. The fraction of sp³-hybridized carbons (Fsp3) is 0.276. The number of aryl methyl sites for hydroxylation is 1. The van der Waals surface area contributed by atoms with E-state index in [0.717, 1.165) is 17.2 Å². The number of alkyl halides is 2. The molecule has 1 amide bonds. The average molecular weight is 570 g/mol. The molecule has 0 unspecified atom stereocenters. The maximum absolute atomic E-state index is 14.8. The van der Waals surface area contributed by atoms with Crippen molar-refractivity contribution in [2.24, 2.45) is 0 Å². The number of halogens is 3. The molecule has 0 aliphatic carbocycles. The van der Waals surface area contributed by atoms with Crippen LogP contribution in [0.3, 0.4) is 0 Å². The van der Waals surface area contributed by atoms with Gasteiger partial charge in [-0.1, -0.05) is 24.3 Å². The summed E-state index contributed by atoms with van der Waals surface area (Å²) in [6.45, 7) is 3.17. The number of ether oxygens (including phenoxy) is 1. The van der Waals surface area contributed by atoms with Crippen LogP contribution in [-0.2, 0) is 16.0 Å². The Morgan fingerprint density at radius 3 is 2.44 bits per heavy atom. The van der Waals surface area contributed by atoms with Crippen LogP contribution in [0.15, 0.2) is 48.7 Å². The molecule has 2 aromatic heterocycles. The van der Waals surface area contributed by atoms with Crippen LogP contribution in [0.25, 0.3) is 22.0 Å². The number of nitrogens with zero attached hydrogens (tertiary/aromatic N) is 4. The largest absolute Gasteiger partial charge is 0.483 e. The van der Waals surface area contributed by atoms with E-state index in [1.165, 1.54) is 24.1 Å². The highest BCUT2D eigenvalue weighted by Crippen LogP contribution is 2.33. The molecule has 2 heterocycles. The summed E-state index contributed by atoms with van der Waals surface area (Å²) in [6.07, 6.45) is -1.14. The molecule has 0 aliphatic rings. The number of carboxylic acid groups (broad SMARTS) is 1. The van der Waals surface area contributed by atoms with E-state index in [1.54, 1.807) is 34.1 Å². The number of amides is 1. The first-order valence-corrected chi connectivity index (χ1v) is 12.4. The molecule has 9 nitrogen and oxygen atoms in total. The van der Waals surface area contributed by atoms with Gasteiger partial charge in [0.15, 0.2) is 0 Å². The number of hydrogen-bond acceptors (Lipinski definition) is 7. The van der Waals surface area contributed by atoms with Gasteiger partial charge in [-0.2, -0.15) is 0 Å². The van der Waals surface area contributed by atoms with Crippen molar-refractivity contribution in [3.05, 3.63) is 77.0 Å². The van der Waals surface area contributed by atoms with E-state index >= 15 is 0 Å². The fourth-order valence-corrected chi connectivity index (χ4v) is 4.18. The lowest BCUT2D eigenvalue weighted by molar-refractivity contribution is -0.128. The van der Waals surface area contributed by atoms with Crippen molar-refractivity contribution in [1.29, 1.82) is 0 Å². The van der Waals surface area contributed by atoms with Crippen LogP contribution in [0.4, 0.5) is 19.0 Å². The Kier molecular flexibility index (Phi) is 10.2. The van der Waals surface area contributed by atoms with Gasteiger partial charge in [0.2, 0.25) is 11.8 Å². The zero-order chi connectivity index (χ0) is 30.3. The zero-order valence-electron chi connectivity index (χ0n) is 23.2. The third-order valence-corrected chi connectivity index (χ3v) is 6.21. The standard InChI is InChI=1S/C28H28F3N5O2.CH2O2/c1-15(20-7-6-8-21(25(20)29)26(30)31)33-27-22-12-17(9-10-23(22)34-16(2)35-27)19-11-18(13-24(37)36(3)4)28(38-5)32-14-19;2-1-3/h6-12,14-15,26H,13H2,1-5H3,(H,33,34,35);1H,(H,2,3)/t15-;/m1./s1. The number of carbonyl (C=O) groups excluding carboxylic acids is 1. The van der Waals surface area contributed by atoms with Gasteiger partial charge in [-0.25, -0.2) is 28.1 Å². The lowest BCUT2D eigenvalue weighted by Crippen LogP contribution is -2.23. The quantitative estimate of drug-likeness (QED) is 0.264. The number of rotatable bonds is 8. The Bertz CT molecular complexity index is 1550. The van der Waals surface area contributed by atoms with Crippen LogP contribution in [0.1, 0.15) is 41.9 Å². The molecule has 2 aromatic carbocycles. The fourth-order valence-electron chi connectivity index (χ4n) is 4.18. The van der Waals surface area contributed by atoms with Gasteiger partial charge in [0.25, 0.3) is 12.9 Å². The van der Waals surface area contributed by atoms with Gasteiger partial charge in [0.1, 0.15) is 17.5 Å². The number of anilines is 1. The number of pyridine rings is 1. The molecule has 4 aromatic rings. The minimum absolute atomic E-state index is 0.0896. The van der Waals surface area contributed by atoms with Crippen LogP contribution in [-0.4, -0.2) is 58.5 Å². The van der Waals surface area contributed by atoms with Crippen LogP contribution in [0.5, 0.6) is 5.88 Å². The van der Waals surface area contributed by atoms with E-state index in [2.05, 4.69) is 20.3 Å². The highest BCUT2D eigenvalue weighted by molar-refractivity contribution is 5.93. The number of benzene rings is 2. The van der Waals surface area contributed by atoms with E-state index in [9.17, 15) is 18.0 Å². The van der Waals surface area contributed by atoms with Crippen molar-refractivity contribution < 1.29 is 32.6 Å². The summed E-state index contributed by atoms with van der Waals surface area (Å²) in [5.74, 6) is 0.272. The smallest absolute Gasteiger partial charge is 0.290 e. The number of nitrogens with one attached hydrogen (secondary N) is 1. The number of methoxy groups -OCH3 is 1. The number of fused-ring (bicyclic) bond motifs is 1. The number of likely N-dealkylation sites (N-methyl/N-ethyl adjacent to an activating group) is 1. The molecule has 0 fully saturated rings. The molecule has 1 atom stereocenters. The van der Waals surface area contributed by atoms with E-state index in [-0.39, 0.29) is 24.4 Å². The summed E-state index contributed by atoms with van der Waals surface area (Å²) in [5.41, 5.74) is 2.31. The maximum Gasteiger partial charge on any atom is 0.290 e. The highest BCUT2D eigenvalue weighted by atomic mass is 19.3. The first-order chi connectivity index (χ1) is 19.5. The third kappa shape index (κ3) is 7.27. The van der Waals surface area contributed by atoms with Gasteiger partial charge in [-0.15, -0.1) is 0 Å². The number of carbonyl (C=O) groups is 2. The van der Waals surface area contributed by atoms with Crippen LogP contribution < -0.4 is 10.1 Å². The summed E-state index contributed by atoms with van der Waals surface area (Å²) < 4.78 is 46.6. The van der Waals surface area contributed by atoms with Crippen LogP contribution >= 0.6 is 0 Å². The molecule has 0 aliphatic heterocycles. The van der Waals surface area contributed by atoms with Crippen molar-refractivity contribution in [3.63, 3.8) is 0 Å². The molecule has 0 radical (unpaired) electrons. The topological polar surface area (TPSA) is 118 Å². The summed E-state index contributed by atoms with van der Waals surface area (Å²) >= 11 is 0. The third-order valence-electron chi connectivity index (χ3n) is 6.21. The Morgan fingerprint density at radius 1 is 1.12 bits per heavy atom. The number of hydrogen-bond donors (Lipinski definition) is 2. The molecule has 12 heteroatoms. The second-order valence-corrected chi connectivity index (χ2v) is 9.23. The average Bonchev–Trinajstić information content (AvgIpc) is 2.93. The van der Waals surface area contributed by atoms with Crippen molar-refractivity contribution in [2.45, 2.75) is 32.7 Å². The van der Waals surface area contributed by atoms with E-state index in [0.29, 0.717) is 34.0 Å². The molecular weight excluding hydrogens is 539 g/mol. The minimum Gasteiger partial charge on any atom is -0.483 e. The summed E-state index contributed by atoms with van der Waals surface area (Å²) in [6, 6.07) is 10.8. The predicted molar refractivity (Wildman–Crippen MR) is 149 cm³/mol. The predicted octanol–water partition coefficient (Wildman–Crippen LogP) is 5.59. The van der Waals surface area contributed by atoms with Gasteiger partial charge >= 0.3 is 0 Å². The Morgan fingerprint density at radius 2 is 1.80 bits per heavy atom. The van der Waals surface area contributed by atoms with Crippen molar-refractivity contribution in [2.75, 3.05) is 26.5 Å². The molecule has 41 heavy (non-hydrogen) atoms. The van der Waals surface area contributed by atoms with Gasteiger partial charge in [0.05, 0.1) is 30.7 Å². The SMILES string of the molecule is COc1ncc(-c2ccc3nc(C)nc(N[C@H](C)c4cccc(C(F)F)c4F)c3c2)cc1CC(=O)N(C)C.O=CO. The Labute approximate surface area is 235 Å². The van der Waals surface area contributed by atoms with Gasteiger partial charge in [-0.05, 0) is 37.6 Å². The van der Waals surface area contributed by atoms with Gasteiger partial charge in [0, 0.05) is 42.4 Å². The molecule has 4 rings (SSSR count). The monoisotopic (exact) mass is 569 g/mol. The van der Waals surface area contributed by atoms with Crippen molar-refractivity contribution >= 4 is 29.1 Å². The second kappa shape index (κ2) is 13.6. The second-order valence-electron chi connectivity index (χ2n) is 9.23. The molecule has 0 saturated heterocycles. The minimum atomic E-state index is -2.91. The Balaban J connectivity index is 0.00000147. The molecule has 0 saturated carbocycles. The first-order valence-electron chi connectivity index (χ1n) is 12.4. The normalized spacial score (nSPS) is 11.4. The summed E-state index contributed by atoms with van der Waals surface area (Å²) in [7, 11) is 4.87. The molecule has 216 valence electrons. The Hall–Kier alpha value is -4.74. The van der Waals surface area contributed by atoms with Crippen molar-refractivity contribution in [3.8, 4) is 17.0 Å². The van der Waals surface area contributed by atoms with Crippen molar-refractivity contribution in [1.82, 2.24) is 19.9 Å². The maximum atomic E-state index is 14.8. The molecule has 0 bridgehead atoms. The van der Waals surface area contributed by atoms with Gasteiger partial charge in [-0.3, -0.25) is 9.59 Å². The van der Waals surface area contributed by atoms with Crippen LogP contribution in [0, 0.1) is 12.7 Å². The summed E-state index contributed by atoms with van der Waals surface area (Å²) in [5, 5.41) is 10.7. The lowest BCUT2D eigenvalue weighted by atomic mass is 10.0. The number of aromatic nitrogens is 3. The molecule has 2 N–H and O–H groups in total. The summed E-state index contributed by atoms with van der Waals surface area (Å²) in [4.78, 5) is 35.6. The molecular formula is C29H30F3N5O4. The molecule has 0 spiro atoms. The van der Waals surface area contributed by atoms with E-state index < -0.39 is 23.8 Å².